The van der Waals surface area contributed by atoms with E-state index in [1.807, 2.05) is 32.9 Å². The molecule has 0 saturated heterocycles. The van der Waals surface area contributed by atoms with Gasteiger partial charge in [-0.25, -0.2) is 8.42 Å². The number of carbonyl (C=O) groups excluding carboxylic acids is 2. The highest BCUT2D eigenvalue weighted by Crippen LogP contribution is 2.30. The summed E-state index contributed by atoms with van der Waals surface area (Å²) in [4.78, 5) is 27.5. The van der Waals surface area contributed by atoms with Crippen molar-refractivity contribution in [2.75, 3.05) is 23.7 Å². The highest BCUT2D eigenvalue weighted by atomic mass is 35.5. The molecule has 0 unspecified atom stereocenters. The van der Waals surface area contributed by atoms with Crippen molar-refractivity contribution in [1.29, 1.82) is 0 Å². The molecule has 2 aromatic carbocycles. The van der Waals surface area contributed by atoms with Crippen LogP contribution in [-0.2, 0) is 26.2 Å². The summed E-state index contributed by atoms with van der Waals surface area (Å²) in [7, 11) is -3.62. The van der Waals surface area contributed by atoms with Crippen molar-refractivity contribution in [2.45, 2.75) is 59.2 Å². The molecule has 0 aliphatic carbocycles. The minimum absolute atomic E-state index is 0.0652. The van der Waals surface area contributed by atoms with Crippen LogP contribution in [0.2, 0.25) is 5.02 Å². The molecule has 8 nitrogen and oxygen atoms in total. The maximum atomic E-state index is 13.3. The highest BCUT2D eigenvalue weighted by molar-refractivity contribution is 7.92. The molecule has 2 amide bonds. The van der Waals surface area contributed by atoms with E-state index >= 15 is 0 Å². The molecule has 0 aliphatic heterocycles. The molecule has 0 spiro atoms. The number of nitrogens with zero attached hydrogens (tertiary/aromatic N) is 2. The van der Waals surface area contributed by atoms with Crippen LogP contribution in [-0.4, -0.2) is 56.6 Å². The zero-order valence-corrected chi connectivity index (χ0v) is 23.1. The van der Waals surface area contributed by atoms with Crippen LogP contribution in [0.25, 0.3) is 0 Å². The number of hydrogen-bond donors (Lipinski definition) is 1. The first-order valence-electron chi connectivity index (χ1n) is 12.0. The van der Waals surface area contributed by atoms with E-state index in [0.29, 0.717) is 23.1 Å². The summed E-state index contributed by atoms with van der Waals surface area (Å²) in [6.45, 7) is 7.94. The zero-order valence-electron chi connectivity index (χ0n) is 21.5. The number of sulfonamides is 1. The maximum Gasteiger partial charge on any atom is 0.242 e. The van der Waals surface area contributed by atoms with Gasteiger partial charge in [0.25, 0.3) is 0 Å². The van der Waals surface area contributed by atoms with Gasteiger partial charge in [-0.05, 0) is 63.9 Å². The van der Waals surface area contributed by atoms with E-state index < -0.39 is 16.1 Å². The number of amides is 2. The SMILES string of the molecule is CCOc1ccccc1N(CCCC(=O)N(Cc1ccc(Cl)cc1)[C@@H](C)C(=O)NC(C)C)S(C)(=O)=O. The number of nitrogens with one attached hydrogen (secondary N) is 1. The van der Waals surface area contributed by atoms with E-state index in [2.05, 4.69) is 5.32 Å². The average Bonchev–Trinajstić information content (AvgIpc) is 2.80. The summed E-state index contributed by atoms with van der Waals surface area (Å²) in [5, 5.41) is 3.43. The van der Waals surface area contributed by atoms with E-state index in [1.54, 1.807) is 43.3 Å². The van der Waals surface area contributed by atoms with Crippen LogP contribution >= 0.6 is 11.6 Å². The Kier molecular flexibility index (Phi) is 11.0. The number of hydrogen-bond acceptors (Lipinski definition) is 5. The quantitative estimate of drug-likeness (QED) is 0.412. The Morgan fingerprint density at radius 2 is 1.69 bits per heavy atom. The second kappa shape index (κ2) is 13.5. The van der Waals surface area contributed by atoms with E-state index in [-0.39, 0.29) is 43.8 Å². The van der Waals surface area contributed by atoms with Crippen molar-refractivity contribution in [3.8, 4) is 5.75 Å². The summed E-state index contributed by atoms with van der Waals surface area (Å²) in [6.07, 6.45) is 1.46. The molecule has 1 atom stereocenters. The number of benzene rings is 2. The van der Waals surface area contributed by atoms with Gasteiger partial charge in [-0.1, -0.05) is 35.9 Å². The maximum absolute atomic E-state index is 13.3. The largest absolute Gasteiger partial charge is 0.492 e. The predicted molar refractivity (Wildman–Crippen MR) is 144 cm³/mol. The van der Waals surface area contributed by atoms with E-state index in [4.69, 9.17) is 16.3 Å². The van der Waals surface area contributed by atoms with Crippen molar-refractivity contribution >= 4 is 39.1 Å². The standard InChI is InChI=1S/C26H36ClN3O5S/c1-6-35-24-11-8-7-10-23(24)30(36(5,33)34)17-9-12-25(31)29(20(4)26(32)28-19(2)3)18-21-13-15-22(27)16-14-21/h7-8,10-11,13-16,19-20H,6,9,12,17-18H2,1-5H3,(H,28,32)/t20-/m0/s1. The predicted octanol–water partition coefficient (Wildman–Crippen LogP) is 4.23. The molecule has 0 bridgehead atoms. The van der Waals surface area contributed by atoms with Crippen LogP contribution in [0.1, 0.15) is 46.1 Å². The Morgan fingerprint density at radius 3 is 2.28 bits per heavy atom. The first-order valence-corrected chi connectivity index (χ1v) is 14.2. The van der Waals surface area contributed by atoms with Gasteiger partial charge in [-0.15, -0.1) is 0 Å². The molecule has 0 heterocycles. The lowest BCUT2D eigenvalue weighted by molar-refractivity contribution is -0.140. The van der Waals surface area contributed by atoms with Crippen LogP contribution in [0.3, 0.4) is 0 Å². The van der Waals surface area contributed by atoms with E-state index in [9.17, 15) is 18.0 Å². The van der Waals surface area contributed by atoms with Gasteiger partial charge in [0.2, 0.25) is 21.8 Å². The Bertz CT molecular complexity index is 1120. The molecule has 0 aromatic heterocycles. The van der Waals surface area contributed by atoms with Gasteiger partial charge in [0.1, 0.15) is 11.8 Å². The molecular formula is C26H36ClN3O5S. The molecule has 36 heavy (non-hydrogen) atoms. The van der Waals surface area contributed by atoms with Crippen LogP contribution in [0.15, 0.2) is 48.5 Å². The lowest BCUT2D eigenvalue weighted by Crippen LogP contribution is -2.49. The molecular weight excluding hydrogens is 502 g/mol. The van der Waals surface area contributed by atoms with Crippen molar-refractivity contribution < 1.29 is 22.7 Å². The van der Waals surface area contributed by atoms with Crippen LogP contribution in [0.4, 0.5) is 5.69 Å². The molecule has 2 rings (SSSR count). The second-order valence-corrected chi connectivity index (χ2v) is 11.2. The fourth-order valence-corrected chi connectivity index (χ4v) is 4.79. The lowest BCUT2D eigenvalue weighted by Gasteiger charge is -2.30. The van der Waals surface area contributed by atoms with Gasteiger partial charge in [0.15, 0.2) is 0 Å². The third-order valence-corrected chi connectivity index (χ3v) is 6.88. The van der Waals surface area contributed by atoms with Gasteiger partial charge < -0.3 is 15.0 Å². The normalized spacial score (nSPS) is 12.2. The minimum Gasteiger partial charge on any atom is -0.492 e. The number of anilines is 1. The Morgan fingerprint density at radius 1 is 1.06 bits per heavy atom. The van der Waals surface area contributed by atoms with Crippen molar-refractivity contribution in [1.82, 2.24) is 10.2 Å². The smallest absolute Gasteiger partial charge is 0.242 e. The lowest BCUT2D eigenvalue weighted by atomic mass is 10.1. The van der Waals surface area contributed by atoms with Gasteiger partial charge in [0.05, 0.1) is 18.6 Å². The molecule has 2 aromatic rings. The molecule has 0 aliphatic rings. The Balaban J connectivity index is 2.20. The zero-order chi connectivity index (χ0) is 26.9. The van der Waals surface area contributed by atoms with Crippen molar-refractivity contribution in [3.63, 3.8) is 0 Å². The summed E-state index contributed by atoms with van der Waals surface area (Å²) in [5.74, 6) is -0.0429. The summed E-state index contributed by atoms with van der Waals surface area (Å²) < 4.78 is 32.0. The number of para-hydroxylation sites is 2. The molecule has 1 N–H and O–H groups in total. The fraction of sp³-hybridized carbons (Fsp3) is 0.462. The number of rotatable bonds is 13. The van der Waals surface area contributed by atoms with Gasteiger partial charge in [0, 0.05) is 30.6 Å². The Labute approximate surface area is 219 Å². The van der Waals surface area contributed by atoms with E-state index in [1.165, 1.54) is 9.21 Å². The Hall–Kier alpha value is -2.78. The molecule has 198 valence electrons. The first kappa shape index (κ1) is 29.5. The number of halogens is 1. The summed E-state index contributed by atoms with van der Waals surface area (Å²) in [6, 6.07) is 13.2. The van der Waals surface area contributed by atoms with Crippen LogP contribution < -0.4 is 14.4 Å². The monoisotopic (exact) mass is 537 g/mol. The second-order valence-electron chi connectivity index (χ2n) is 8.83. The minimum atomic E-state index is -3.62. The molecule has 0 fully saturated rings. The fourth-order valence-electron chi connectivity index (χ4n) is 3.70. The highest BCUT2D eigenvalue weighted by Gasteiger charge is 2.27. The van der Waals surface area contributed by atoms with Gasteiger partial charge in [-0.2, -0.15) is 0 Å². The third kappa shape index (κ3) is 8.71. The van der Waals surface area contributed by atoms with Crippen LogP contribution in [0, 0.1) is 0 Å². The topological polar surface area (TPSA) is 96.0 Å². The average molecular weight is 538 g/mol. The molecule has 10 heteroatoms. The van der Waals surface area contributed by atoms with Crippen LogP contribution in [0.5, 0.6) is 5.75 Å². The van der Waals surface area contributed by atoms with Gasteiger partial charge >= 0.3 is 0 Å². The first-order chi connectivity index (χ1) is 16.9. The van der Waals surface area contributed by atoms with Crippen molar-refractivity contribution in [2.24, 2.45) is 0 Å². The van der Waals surface area contributed by atoms with Crippen molar-refractivity contribution in [3.05, 3.63) is 59.1 Å². The summed E-state index contributed by atoms with van der Waals surface area (Å²) >= 11 is 5.99. The third-order valence-electron chi connectivity index (χ3n) is 5.45. The molecule has 0 radical (unpaired) electrons. The van der Waals surface area contributed by atoms with E-state index in [0.717, 1.165) is 11.8 Å². The number of carbonyl (C=O) groups is 2. The molecule has 0 saturated carbocycles. The number of ether oxygens (including phenoxy) is 1. The van der Waals surface area contributed by atoms with Gasteiger partial charge in [-0.3, -0.25) is 13.9 Å². The summed E-state index contributed by atoms with van der Waals surface area (Å²) in [5.41, 5.74) is 1.26.